The highest BCUT2D eigenvalue weighted by Crippen LogP contribution is 2.30. The minimum Gasteiger partial charge on any atom is -0.332 e. The number of alkyl halides is 2. The second-order valence-corrected chi connectivity index (χ2v) is 4.10. The van der Waals surface area contributed by atoms with Crippen molar-refractivity contribution in [1.29, 1.82) is 0 Å². The molecule has 0 aromatic heterocycles. The zero-order valence-electron chi connectivity index (χ0n) is 9.62. The fourth-order valence-corrected chi connectivity index (χ4v) is 1.68. The van der Waals surface area contributed by atoms with Gasteiger partial charge in [-0.25, -0.2) is 4.39 Å². The van der Waals surface area contributed by atoms with Crippen LogP contribution < -0.4 is 0 Å². The van der Waals surface area contributed by atoms with Crippen molar-refractivity contribution in [2.45, 2.75) is 13.0 Å². The zero-order valence-corrected chi connectivity index (χ0v) is 9.62. The highest BCUT2D eigenvalue weighted by atomic mass is 19.3. The molecule has 0 aliphatic heterocycles. The highest BCUT2D eigenvalue weighted by Gasteiger charge is 2.31. The highest BCUT2D eigenvalue weighted by molar-refractivity contribution is 5.64. The van der Waals surface area contributed by atoms with Crippen molar-refractivity contribution in [3.63, 3.8) is 0 Å². The van der Waals surface area contributed by atoms with Gasteiger partial charge in [0.1, 0.15) is 5.82 Å². The van der Waals surface area contributed by atoms with E-state index in [9.17, 15) is 13.2 Å². The van der Waals surface area contributed by atoms with Gasteiger partial charge in [-0.2, -0.15) is 8.78 Å². The summed E-state index contributed by atoms with van der Waals surface area (Å²) in [5, 5.41) is 8.49. The van der Waals surface area contributed by atoms with Crippen LogP contribution in [0.5, 0.6) is 0 Å². The van der Waals surface area contributed by atoms with Gasteiger partial charge in [0.15, 0.2) is 0 Å². The summed E-state index contributed by atoms with van der Waals surface area (Å²) < 4.78 is 38.7. The molecule has 2 aromatic carbocycles. The van der Waals surface area contributed by atoms with Gasteiger partial charge in [0.2, 0.25) is 0 Å². The quantitative estimate of drug-likeness (QED) is 0.860. The van der Waals surface area contributed by atoms with Gasteiger partial charge < -0.3 is 5.11 Å². The molecule has 0 saturated heterocycles. The Morgan fingerprint density at radius 3 is 2.00 bits per heavy atom. The Morgan fingerprint density at radius 2 is 1.50 bits per heavy atom. The molecule has 0 atom stereocenters. The first-order valence-corrected chi connectivity index (χ1v) is 5.35. The van der Waals surface area contributed by atoms with E-state index in [0.717, 1.165) is 23.3 Å². The van der Waals surface area contributed by atoms with Gasteiger partial charge in [-0.3, -0.25) is 0 Å². The van der Waals surface area contributed by atoms with Gasteiger partial charge in [0.25, 0.3) is 0 Å². The van der Waals surface area contributed by atoms with Gasteiger partial charge in [-0.15, -0.1) is 0 Å². The minimum absolute atomic E-state index is 0.487. The minimum atomic E-state index is -4.16. The Morgan fingerprint density at radius 1 is 0.944 bits per heavy atom. The van der Waals surface area contributed by atoms with Crippen LogP contribution in [0.25, 0.3) is 11.1 Å². The number of aliphatic hydroxyl groups is 1. The summed E-state index contributed by atoms with van der Waals surface area (Å²) in [6.45, 7) is 1.92. The normalized spacial score (nSPS) is 11.6. The number of rotatable bonds is 2. The van der Waals surface area contributed by atoms with Crippen molar-refractivity contribution in [3.05, 3.63) is 59.4 Å². The number of aryl methyl sites for hydroxylation is 1. The molecule has 0 unspecified atom stereocenters. The third-order valence-corrected chi connectivity index (χ3v) is 2.68. The lowest BCUT2D eigenvalue weighted by Crippen LogP contribution is -2.13. The second kappa shape index (κ2) is 4.46. The van der Waals surface area contributed by atoms with Gasteiger partial charge in [-0.1, -0.05) is 35.9 Å². The van der Waals surface area contributed by atoms with Crippen molar-refractivity contribution in [3.8, 4) is 11.1 Å². The average molecular weight is 252 g/mol. The average Bonchev–Trinajstić information content (AvgIpc) is 2.28. The summed E-state index contributed by atoms with van der Waals surface area (Å²) in [4.78, 5) is 0. The number of benzene rings is 2. The van der Waals surface area contributed by atoms with Crippen LogP contribution in [0.1, 0.15) is 11.1 Å². The van der Waals surface area contributed by atoms with Gasteiger partial charge in [0, 0.05) is 0 Å². The van der Waals surface area contributed by atoms with Crippen LogP contribution in [0.2, 0.25) is 0 Å². The molecule has 2 aromatic rings. The summed E-state index contributed by atoms with van der Waals surface area (Å²) in [6.07, 6.45) is -4.16. The summed E-state index contributed by atoms with van der Waals surface area (Å²) in [5.41, 5.74) is 1.25. The van der Waals surface area contributed by atoms with E-state index in [1.807, 2.05) is 19.1 Å². The zero-order chi connectivity index (χ0) is 13.3. The van der Waals surface area contributed by atoms with Crippen molar-refractivity contribution in [2.75, 3.05) is 0 Å². The summed E-state index contributed by atoms with van der Waals surface area (Å²) in [7, 11) is 0. The van der Waals surface area contributed by atoms with E-state index in [2.05, 4.69) is 0 Å². The van der Waals surface area contributed by atoms with Crippen LogP contribution >= 0.6 is 0 Å². The number of hydrogen-bond acceptors (Lipinski definition) is 1. The molecule has 0 amide bonds. The molecule has 18 heavy (non-hydrogen) atoms. The first-order valence-electron chi connectivity index (χ1n) is 5.35. The SMILES string of the molecule is Cc1ccc(-c2ccc(C(O)(F)F)c(F)c2)cc1. The van der Waals surface area contributed by atoms with E-state index < -0.39 is 17.5 Å². The van der Waals surface area contributed by atoms with Crippen LogP contribution in [-0.4, -0.2) is 5.11 Å². The van der Waals surface area contributed by atoms with E-state index in [-0.39, 0.29) is 0 Å². The monoisotopic (exact) mass is 252 g/mol. The molecule has 94 valence electrons. The molecule has 0 heterocycles. The van der Waals surface area contributed by atoms with Gasteiger partial charge in [-0.05, 0) is 30.2 Å². The summed E-state index contributed by atoms with van der Waals surface area (Å²) in [5.74, 6) is -1.12. The maximum Gasteiger partial charge on any atom is 0.383 e. The Balaban J connectivity index is 2.43. The van der Waals surface area contributed by atoms with E-state index in [4.69, 9.17) is 5.11 Å². The molecule has 0 aliphatic rings. The maximum atomic E-state index is 13.5. The standard InChI is InChI=1S/C14H11F3O/c1-9-2-4-10(5-3-9)11-6-7-12(13(15)8-11)14(16,17)18/h2-8,18H,1H3. The lowest BCUT2D eigenvalue weighted by Gasteiger charge is -2.11. The van der Waals surface area contributed by atoms with E-state index in [1.165, 1.54) is 6.07 Å². The first-order chi connectivity index (χ1) is 8.38. The smallest absolute Gasteiger partial charge is 0.332 e. The van der Waals surface area contributed by atoms with Crippen molar-refractivity contribution in [1.82, 2.24) is 0 Å². The molecule has 2 rings (SSSR count). The Labute approximate surface area is 103 Å². The van der Waals surface area contributed by atoms with Crippen LogP contribution in [-0.2, 0) is 6.11 Å². The van der Waals surface area contributed by atoms with E-state index >= 15 is 0 Å². The third-order valence-electron chi connectivity index (χ3n) is 2.68. The predicted molar refractivity (Wildman–Crippen MR) is 62.7 cm³/mol. The number of halogens is 3. The van der Waals surface area contributed by atoms with Crippen LogP contribution in [0.3, 0.4) is 0 Å². The fraction of sp³-hybridized carbons (Fsp3) is 0.143. The van der Waals surface area contributed by atoms with E-state index in [0.29, 0.717) is 5.56 Å². The Kier molecular flexibility index (Phi) is 3.13. The lowest BCUT2D eigenvalue weighted by molar-refractivity contribution is -0.210. The summed E-state index contributed by atoms with van der Waals surface area (Å²) >= 11 is 0. The molecular weight excluding hydrogens is 241 g/mol. The molecule has 0 aliphatic carbocycles. The molecule has 0 saturated carbocycles. The molecule has 1 nitrogen and oxygen atoms in total. The van der Waals surface area contributed by atoms with Gasteiger partial charge >= 0.3 is 6.11 Å². The van der Waals surface area contributed by atoms with Gasteiger partial charge in [0.05, 0.1) is 5.56 Å². The van der Waals surface area contributed by atoms with Crippen LogP contribution in [0.15, 0.2) is 42.5 Å². The van der Waals surface area contributed by atoms with Crippen LogP contribution in [0, 0.1) is 12.7 Å². The summed E-state index contributed by atoms with van der Waals surface area (Å²) in [6, 6.07) is 10.5. The molecule has 4 heteroatoms. The first kappa shape index (κ1) is 12.6. The van der Waals surface area contributed by atoms with E-state index in [1.54, 1.807) is 12.1 Å². The molecule has 1 N–H and O–H groups in total. The second-order valence-electron chi connectivity index (χ2n) is 4.10. The molecule has 0 fully saturated rings. The Hall–Kier alpha value is -1.81. The Bertz CT molecular complexity index is 556. The van der Waals surface area contributed by atoms with Crippen molar-refractivity contribution >= 4 is 0 Å². The molecular formula is C14H11F3O. The van der Waals surface area contributed by atoms with Crippen LogP contribution in [0.4, 0.5) is 13.2 Å². The number of hydrogen-bond donors (Lipinski definition) is 1. The predicted octanol–water partition coefficient (Wildman–Crippen LogP) is 3.84. The molecule has 0 radical (unpaired) electrons. The largest absolute Gasteiger partial charge is 0.383 e. The van der Waals surface area contributed by atoms with Crippen molar-refractivity contribution < 1.29 is 18.3 Å². The lowest BCUT2D eigenvalue weighted by atomic mass is 10.0. The van der Waals surface area contributed by atoms with Crippen molar-refractivity contribution in [2.24, 2.45) is 0 Å². The molecule has 0 spiro atoms. The maximum absolute atomic E-state index is 13.5. The molecule has 0 bridgehead atoms. The topological polar surface area (TPSA) is 20.2 Å². The third kappa shape index (κ3) is 2.54. The fourth-order valence-electron chi connectivity index (χ4n) is 1.68.